The van der Waals surface area contributed by atoms with Gasteiger partial charge >= 0.3 is 0 Å². The predicted molar refractivity (Wildman–Crippen MR) is 118 cm³/mol. The zero-order valence-electron chi connectivity index (χ0n) is 17.8. The van der Waals surface area contributed by atoms with Crippen LogP contribution in [0.3, 0.4) is 0 Å². The summed E-state index contributed by atoms with van der Waals surface area (Å²) in [5.74, 6) is -0.920. The summed E-state index contributed by atoms with van der Waals surface area (Å²) >= 11 is 0. The highest BCUT2D eigenvalue weighted by molar-refractivity contribution is 6.10. The van der Waals surface area contributed by atoms with Crippen LogP contribution in [0.5, 0.6) is 0 Å². The number of ketones is 1. The third kappa shape index (κ3) is 4.22. The highest BCUT2D eigenvalue weighted by atomic mass is 19.1. The molecule has 8 heteroatoms. The minimum absolute atomic E-state index is 0.273. The Balaban J connectivity index is 1.87. The molecule has 0 aliphatic rings. The summed E-state index contributed by atoms with van der Waals surface area (Å²) in [7, 11) is 0. The van der Waals surface area contributed by atoms with E-state index < -0.39 is 17.2 Å². The van der Waals surface area contributed by atoms with Crippen molar-refractivity contribution in [2.45, 2.75) is 32.4 Å². The van der Waals surface area contributed by atoms with Crippen molar-refractivity contribution < 1.29 is 18.7 Å². The number of carbonyl (C=O) groups excluding carboxylic acids is 1. The Morgan fingerprint density at radius 1 is 1.06 bits per heavy atom. The summed E-state index contributed by atoms with van der Waals surface area (Å²) in [6.07, 6.45) is 1.57. The molecule has 2 N–H and O–H groups in total. The number of aliphatic hydroxyl groups is 1. The molecule has 0 aliphatic carbocycles. The lowest BCUT2D eigenvalue weighted by Crippen LogP contribution is -2.39. The van der Waals surface area contributed by atoms with Crippen LogP contribution in [0.1, 0.15) is 36.8 Å². The highest BCUT2D eigenvalue weighted by Gasteiger charge is 2.24. The maximum atomic E-state index is 13.6. The van der Waals surface area contributed by atoms with Gasteiger partial charge in [-0.05, 0) is 75.4 Å². The van der Waals surface area contributed by atoms with Crippen LogP contribution in [0.15, 0.2) is 60.8 Å². The van der Waals surface area contributed by atoms with Gasteiger partial charge < -0.3 is 10.4 Å². The molecular formula is C24H22F2N4O2. The number of fused-ring (bicyclic) bond motifs is 1. The summed E-state index contributed by atoms with van der Waals surface area (Å²) in [5.41, 5.74) is 0.537. The molecule has 0 amide bonds. The summed E-state index contributed by atoms with van der Waals surface area (Å²) in [6.45, 7) is 5.14. The normalized spacial score (nSPS) is 12.7. The van der Waals surface area contributed by atoms with Crippen molar-refractivity contribution >= 4 is 22.8 Å². The third-order valence-corrected chi connectivity index (χ3v) is 5.37. The van der Waals surface area contributed by atoms with Crippen molar-refractivity contribution in [2.75, 3.05) is 5.32 Å². The molecular weight excluding hydrogens is 414 g/mol. The number of rotatable bonds is 6. The SMILES string of the molecule is CC(Nc1ncc2cc(C(=O)c3ccc(F)cc3)n(-c3ccc(F)cc3)c2n1)C(C)(C)O. The van der Waals surface area contributed by atoms with E-state index in [0.717, 1.165) is 0 Å². The number of anilines is 1. The maximum absolute atomic E-state index is 13.6. The minimum Gasteiger partial charge on any atom is -0.388 e. The van der Waals surface area contributed by atoms with E-state index in [-0.39, 0.29) is 23.5 Å². The van der Waals surface area contributed by atoms with Crippen LogP contribution in [0, 0.1) is 11.6 Å². The number of hydrogen-bond donors (Lipinski definition) is 2. The lowest BCUT2D eigenvalue weighted by molar-refractivity contribution is 0.0646. The van der Waals surface area contributed by atoms with Crippen molar-refractivity contribution in [1.82, 2.24) is 14.5 Å². The van der Waals surface area contributed by atoms with Gasteiger partial charge in [-0.15, -0.1) is 0 Å². The number of hydrogen-bond acceptors (Lipinski definition) is 5. The molecule has 1 atom stereocenters. The van der Waals surface area contributed by atoms with E-state index in [9.17, 15) is 18.7 Å². The second-order valence-electron chi connectivity index (χ2n) is 8.17. The lowest BCUT2D eigenvalue weighted by atomic mass is 10.0. The molecule has 32 heavy (non-hydrogen) atoms. The van der Waals surface area contributed by atoms with Crippen LogP contribution in [-0.4, -0.2) is 37.1 Å². The molecule has 4 rings (SSSR count). The van der Waals surface area contributed by atoms with Crippen molar-refractivity contribution in [3.63, 3.8) is 0 Å². The predicted octanol–water partition coefficient (Wildman–Crippen LogP) is 4.50. The van der Waals surface area contributed by atoms with Crippen LogP contribution in [0.4, 0.5) is 14.7 Å². The zero-order chi connectivity index (χ0) is 23.0. The molecule has 164 valence electrons. The second-order valence-corrected chi connectivity index (χ2v) is 8.17. The Kier molecular flexibility index (Phi) is 5.48. The fourth-order valence-electron chi connectivity index (χ4n) is 3.20. The average Bonchev–Trinajstić information content (AvgIpc) is 3.12. The molecule has 4 aromatic rings. The summed E-state index contributed by atoms with van der Waals surface area (Å²) in [4.78, 5) is 22.1. The molecule has 0 fully saturated rings. The van der Waals surface area contributed by atoms with Crippen LogP contribution in [0.2, 0.25) is 0 Å². The monoisotopic (exact) mass is 436 g/mol. The number of nitrogens with zero attached hydrogens (tertiary/aromatic N) is 3. The van der Waals surface area contributed by atoms with Gasteiger partial charge in [-0.25, -0.2) is 13.8 Å². The Hall–Kier alpha value is -3.65. The van der Waals surface area contributed by atoms with Crippen LogP contribution in [0.25, 0.3) is 16.7 Å². The van der Waals surface area contributed by atoms with Gasteiger partial charge in [0.1, 0.15) is 11.6 Å². The van der Waals surface area contributed by atoms with E-state index in [4.69, 9.17) is 0 Å². The van der Waals surface area contributed by atoms with Crippen LogP contribution < -0.4 is 5.32 Å². The van der Waals surface area contributed by atoms with Crippen molar-refractivity contribution in [3.05, 3.63) is 83.7 Å². The molecule has 0 radical (unpaired) electrons. The fraction of sp³-hybridized carbons (Fsp3) is 0.208. The summed E-state index contributed by atoms with van der Waals surface area (Å²) in [5, 5.41) is 13.9. The number of nitrogens with one attached hydrogen (secondary N) is 1. The van der Waals surface area contributed by atoms with Gasteiger partial charge in [0, 0.05) is 22.8 Å². The molecule has 2 aromatic carbocycles. The smallest absolute Gasteiger partial charge is 0.224 e. The molecule has 0 saturated carbocycles. The molecule has 0 aliphatic heterocycles. The number of halogens is 2. The molecule has 0 spiro atoms. The van der Waals surface area contributed by atoms with E-state index in [1.54, 1.807) is 49.7 Å². The maximum Gasteiger partial charge on any atom is 0.224 e. The van der Waals surface area contributed by atoms with Gasteiger partial charge in [-0.2, -0.15) is 4.98 Å². The van der Waals surface area contributed by atoms with Crippen LogP contribution in [-0.2, 0) is 0 Å². The zero-order valence-corrected chi connectivity index (χ0v) is 17.8. The second kappa shape index (κ2) is 8.12. The van der Waals surface area contributed by atoms with Crippen molar-refractivity contribution in [1.29, 1.82) is 0 Å². The average molecular weight is 436 g/mol. The van der Waals surface area contributed by atoms with Gasteiger partial charge in [-0.1, -0.05) is 0 Å². The van der Waals surface area contributed by atoms with E-state index in [0.29, 0.717) is 22.3 Å². The lowest BCUT2D eigenvalue weighted by Gasteiger charge is -2.26. The first kappa shape index (κ1) is 21.6. The first-order valence-electron chi connectivity index (χ1n) is 10.1. The summed E-state index contributed by atoms with van der Waals surface area (Å²) in [6, 6.07) is 12.2. The van der Waals surface area contributed by atoms with E-state index >= 15 is 0 Å². The molecule has 2 heterocycles. The van der Waals surface area contributed by atoms with Crippen molar-refractivity contribution in [3.8, 4) is 5.69 Å². The molecule has 1 unspecified atom stereocenters. The standard InChI is InChI=1S/C24H22F2N4O2/c1-14(24(2,3)32)28-23-27-13-16-12-20(21(31)15-4-6-17(25)7-5-15)30(22(16)29-23)19-10-8-18(26)9-11-19/h4-14,32H,1-3H3,(H,27,28,29). The van der Waals surface area contributed by atoms with E-state index in [1.165, 1.54) is 36.4 Å². The molecule has 2 aromatic heterocycles. The van der Waals surface area contributed by atoms with Gasteiger partial charge in [0.2, 0.25) is 11.7 Å². The fourth-order valence-corrected chi connectivity index (χ4v) is 3.20. The topological polar surface area (TPSA) is 80.0 Å². The van der Waals surface area contributed by atoms with E-state index in [1.807, 2.05) is 0 Å². The highest BCUT2D eigenvalue weighted by Crippen LogP contribution is 2.26. The van der Waals surface area contributed by atoms with E-state index in [2.05, 4.69) is 15.3 Å². The number of benzene rings is 2. The Bertz CT molecular complexity index is 1280. The Labute approximate surface area is 183 Å². The van der Waals surface area contributed by atoms with Crippen LogP contribution >= 0.6 is 0 Å². The Morgan fingerprint density at radius 2 is 1.66 bits per heavy atom. The van der Waals surface area contributed by atoms with Crippen molar-refractivity contribution in [2.24, 2.45) is 0 Å². The van der Waals surface area contributed by atoms with Gasteiger partial charge in [0.25, 0.3) is 0 Å². The Morgan fingerprint density at radius 3 is 2.25 bits per heavy atom. The van der Waals surface area contributed by atoms with Gasteiger partial charge in [0.15, 0.2) is 5.65 Å². The first-order chi connectivity index (χ1) is 15.1. The largest absolute Gasteiger partial charge is 0.388 e. The third-order valence-electron chi connectivity index (χ3n) is 5.37. The summed E-state index contributed by atoms with van der Waals surface area (Å²) < 4.78 is 28.5. The quantitative estimate of drug-likeness (QED) is 0.435. The number of aromatic nitrogens is 3. The molecule has 0 saturated heterocycles. The number of carbonyl (C=O) groups is 1. The molecule has 6 nitrogen and oxygen atoms in total. The van der Waals surface area contributed by atoms with Gasteiger partial charge in [0.05, 0.1) is 17.3 Å². The minimum atomic E-state index is -1.01. The first-order valence-corrected chi connectivity index (χ1v) is 10.1. The van der Waals surface area contributed by atoms with Gasteiger partial charge in [-0.3, -0.25) is 9.36 Å². The molecule has 0 bridgehead atoms.